The Morgan fingerprint density at radius 2 is 0.722 bits per heavy atom. The average molecular weight is 1030 g/mol. The largest absolute Gasteiger partial charge is 0.472 e. The molecule has 0 aromatic heterocycles. The minimum absolute atomic E-state index is 0.142. The highest BCUT2D eigenvalue weighted by atomic mass is 31.2. The second kappa shape index (κ2) is 53.7. The number of rotatable bonds is 51. The molecular formula is C60H101O11P. The number of phosphoric acid groups is 1. The summed E-state index contributed by atoms with van der Waals surface area (Å²) in [5.41, 5.74) is 0. The molecule has 3 unspecified atom stereocenters. The first-order valence-corrected chi connectivity index (χ1v) is 29.6. The maximum Gasteiger partial charge on any atom is 0.472 e. The molecule has 0 radical (unpaired) electrons. The lowest BCUT2D eigenvalue weighted by molar-refractivity contribution is -0.161. The number of unbranched alkanes of at least 4 members (excludes halogenated alkanes) is 18. The first-order chi connectivity index (χ1) is 35.2. The van der Waals surface area contributed by atoms with Gasteiger partial charge in [0.25, 0.3) is 0 Å². The van der Waals surface area contributed by atoms with E-state index >= 15 is 0 Å². The van der Waals surface area contributed by atoms with Gasteiger partial charge < -0.3 is 24.2 Å². The van der Waals surface area contributed by atoms with Crippen LogP contribution in [0, 0.1) is 0 Å². The molecule has 0 saturated heterocycles. The van der Waals surface area contributed by atoms with Crippen LogP contribution in [-0.4, -0.2) is 66.5 Å². The average Bonchev–Trinajstić information content (AvgIpc) is 3.37. The molecule has 0 fully saturated rings. The zero-order valence-corrected chi connectivity index (χ0v) is 46.3. The van der Waals surface area contributed by atoms with E-state index in [4.69, 9.17) is 23.3 Å². The first-order valence-electron chi connectivity index (χ1n) is 28.1. The predicted molar refractivity (Wildman–Crippen MR) is 297 cm³/mol. The number of ether oxygens (including phenoxy) is 3. The van der Waals surface area contributed by atoms with E-state index in [1.807, 2.05) is 0 Å². The van der Waals surface area contributed by atoms with E-state index in [0.717, 1.165) is 141 Å². The Morgan fingerprint density at radius 1 is 0.403 bits per heavy atom. The van der Waals surface area contributed by atoms with Crippen LogP contribution in [0.2, 0.25) is 0 Å². The Balaban J connectivity index is 4.82. The van der Waals surface area contributed by atoms with Gasteiger partial charge >= 0.3 is 25.7 Å². The summed E-state index contributed by atoms with van der Waals surface area (Å²) >= 11 is 0. The van der Waals surface area contributed by atoms with Crippen LogP contribution in [0.1, 0.15) is 226 Å². The lowest BCUT2D eigenvalue weighted by Gasteiger charge is -2.21. The molecule has 0 aromatic rings. The van der Waals surface area contributed by atoms with Crippen LogP contribution in [0.4, 0.5) is 0 Å². The highest BCUT2D eigenvalue weighted by Crippen LogP contribution is 2.43. The number of phosphoric ester groups is 1. The number of carbonyl (C=O) groups excluding carboxylic acids is 3. The minimum Gasteiger partial charge on any atom is -0.462 e. The monoisotopic (exact) mass is 1030 g/mol. The van der Waals surface area contributed by atoms with Crippen LogP contribution in [0.15, 0.2) is 97.2 Å². The Kier molecular flexibility index (Phi) is 51.0. The summed E-state index contributed by atoms with van der Waals surface area (Å²) < 4.78 is 39.4. The molecule has 0 aliphatic carbocycles. The molecule has 0 aliphatic rings. The molecule has 3 atom stereocenters. The smallest absolute Gasteiger partial charge is 0.462 e. The van der Waals surface area contributed by atoms with E-state index in [0.29, 0.717) is 19.3 Å². The summed E-state index contributed by atoms with van der Waals surface area (Å²) in [4.78, 5) is 48.5. The van der Waals surface area contributed by atoms with Gasteiger partial charge in [-0.05, 0) is 116 Å². The Labute approximate surface area is 438 Å². The summed E-state index contributed by atoms with van der Waals surface area (Å²) in [6.45, 7) is 4.33. The van der Waals surface area contributed by atoms with E-state index in [1.165, 1.54) is 25.7 Å². The third-order valence-corrected chi connectivity index (χ3v) is 12.4. The quantitative estimate of drug-likeness (QED) is 0.0197. The van der Waals surface area contributed by atoms with E-state index < -0.39 is 57.8 Å². The van der Waals surface area contributed by atoms with Crippen molar-refractivity contribution in [3.63, 3.8) is 0 Å². The summed E-state index contributed by atoms with van der Waals surface area (Å²) in [6, 6.07) is 0. The number of aliphatic hydroxyl groups excluding tert-OH is 1. The maximum atomic E-state index is 12.9. The second-order valence-electron chi connectivity index (χ2n) is 18.3. The van der Waals surface area contributed by atoms with Gasteiger partial charge in [0.1, 0.15) is 12.7 Å². The van der Waals surface area contributed by atoms with E-state index in [-0.39, 0.29) is 25.9 Å². The van der Waals surface area contributed by atoms with Gasteiger partial charge in [-0.25, -0.2) is 4.57 Å². The summed E-state index contributed by atoms with van der Waals surface area (Å²) in [7, 11) is -4.76. The highest BCUT2D eigenvalue weighted by Gasteiger charge is 2.28. The number of esters is 3. The molecule has 12 heteroatoms. The third-order valence-electron chi connectivity index (χ3n) is 11.5. The molecule has 72 heavy (non-hydrogen) atoms. The van der Waals surface area contributed by atoms with Gasteiger partial charge in [-0.2, -0.15) is 0 Å². The normalized spacial score (nSPS) is 14.1. The lowest BCUT2D eigenvalue weighted by atomic mass is 10.1. The van der Waals surface area contributed by atoms with Crippen LogP contribution >= 0.6 is 7.82 Å². The zero-order chi connectivity index (χ0) is 52.7. The van der Waals surface area contributed by atoms with Crippen molar-refractivity contribution in [1.29, 1.82) is 0 Å². The van der Waals surface area contributed by atoms with Crippen LogP contribution in [-0.2, 0) is 42.2 Å². The van der Waals surface area contributed by atoms with Gasteiger partial charge in [-0.15, -0.1) is 0 Å². The van der Waals surface area contributed by atoms with Gasteiger partial charge in [-0.3, -0.25) is 23.4 Å². The molecule has 0 heterocycles. The molecule has 0 amide bonds. The highest BCUT2D eigenvalue weighted by molar-refractivity contribution is 7.47. The van der Waals surface area contributed by atoms with Crippen LogP contribution < -0.4 is 0 Å². The van der Waals surface area contributed by atoms with Gasteiger partial charge in [0, 0.05) is 19.3 Å². The summed E-state index contributed by atoms with van der Waals surface area (Å²) in [6.07, 6.45) is 62.3. The van der Waals surface area contributed by atoms with Crippen molar-refractivity contribution in [3.8, 4) is 0 Å². The van der Waals surface area contributed by atoms with Gasteiger partial charge in [0.05, 0.1) is 19.8 Å². The minimum atomic E-state index is -4.76. The fraction of sp³-hybridized carbons (Fsp3) is 0.683. The van der Waals surface area contributed by atoms with Gasteiger partial charge in [0.15, 0.2) is 6.10 Å². The van der Waals surface area contributed by atoms with Gasteiger partial charge in [0.2, 0.25) is 0 Å². The summed E-state index contributed by atoms with van der Waals surface area (Å²) in [5, 5.41) is 9.80. The fourth-order valence-electron chi connectivity index (χ4n) is 7.24. The molecule has 412 valence electrons. The predicted octanol–water partition coefficient (Wildman–Crippen LogP) is 16.5. The summed E-state index contributed by atoms with van der Waals surface area (Å²) in [5.74, 6) is -1.54. The number of allylic oxidation sites excluding steroid dienone is 16. The Bertz CT molecular complexity index is 1580. The second-order valence-corrected chi connectivity index (χ2v) is 19.8. The van der Waals surface area contributed by atoms with E-state index in [2.05, 4.69) is 118 Å². The third kappa shape index (κ3) is 51.3. The van der Waals surface area contributed by atoms with Gasteiger partial charge in [-0.1, -0.05) is 189 Å². The van der Waals surface area contributed by atoms with E-state index in [9.17, 15) is 28.9 Å². The number of carbonyl (C=O) groups is 3. The Morgan fingerprint density at radius 3 is 1.15 bits per heavy atom. The molecule has 11 nitrogen and oxygen atoms in total. The molecule has 0 aromatic carbocycles. The number of hydrogen-bond donors (Lipinski definition) is 2. The molecule has 0 aliphatic heterocycles. The van der Waals surface area contributed by atoms with Crippen molar-refractivity contribution in [2.75, 3.05) is 26.4 Å². The molecular weight excluding hydrogens is 928 g/mol. The lowest BCUT2D eigenvalue weighted by Crippen LogP contribution is -2.30. The topological polar surface area (TPSA) is 155 Å². The molecule has 2 N–H and O–H groups in total. The number of hydrogen-bond acceptors (Lipinski definition) is 10. The van der Waals surface area contributed by atoms with Crippen molar-refractivity contribution in [2.24, 2.45) is 0 Å². The van der Waals surface area contributed by atoms with Crippen LogP contribution in [0.5, 0.6) is 0 Å². The van der Waals surface area contributed by atoms with Crippen molar-refractivity contribution >= 4 is 25.7 Å². The van der Waals surface area contributed by atoms with Crippen molar-refractivity contribution < 1.29 is 52.2 Å². The Hall–Kier alpha value is -3.60. The zero-order valence-electron chi connectivity index (χ0n) is 45.4. The standard InChI is InChI=1S/C60H101O11P/c1-4-7-10-13-16-19-22-25-27-28-30-33-36-39-42-45-48-51-60(64)71-57(53-67-58(62)49-46-43-40-37-34-32-29-26-23-20-17-14-11-8-5-2)55-69-72(65,66)68-54-56(52-61)70-59(63)50-47-44-41-38-35-31-24-21-18-15-12-9-6-3/h7-8,10-11,16-17,19-21,24-27,29,34,37,56-57,61H,4-6,9,12-15,18,22-23,28,30-33,35-36,38-55H2,1-3H3,(H,65,66)/b10-7-,11-8-,19-16-,20-17-,24-21-,27-25-,29-26-,37-34-. The van der Waals surface area contributed by atoms with Crippen LogP contribution in [0.3, 0.4) is 0 Å². The molecule has 0 saturated carbocycles. The number of aliphatic hydroxyl groups is 1. The van der Waals surface area contributed by atoms with Crippen molar-refractivity contribution in [2.45, 2.75) is 238 Å². The van der Waals surface area contributed by atoms with Crippen LogP contribution in [0.25, 0.3) is 0 Å². The molecule has 0 rings (SSSR count). The SMILES string of the molecule is CC/C=C\C/C=C\C/C=C\C/C=C\CCCCC(=O)OCC(COP(=O)(O)OCC(CO)OC(=O)CCCCCCC/C=C\CCCCCC)OC(=O)CCCCCCCCC/C=C\C/C=C\C/C=C\CC. The maximum absolute atomic E-state index is 12.9. The molecule has 0 bridgehead atoms. The first kappa shape index (κ1) is 68.4. The van der Waals surface area contributed by atoms with E-state index in [1.54, 1.807) is 0 Å². The van der Waals surface area contributed by atoms with Crippen molar-refractivity contribution in [3.05, 3.63) is 97.2 Å². The van der Waals surface area contributed by atoms with Crippen molar-refractivity contribution in [1.82, 2.24) is 0 Å². The fourth-order valence-corrected chi connectivity index (χ4v) is 8.02. The molecule has 0 spiro atoms.